The lowest BCUT2D eigenvalue weighted by Crippen LogP contribution is -2.38. The zero-order valence-electron chi connectivity index (χ0n) is 38.0. The van der Waals surface area contributed by atoms with Crippen molar-refractivity contribution in [2.45, 2.75) is 65.6 Å². The molecule has 0 spiro atoms. The molecule has 0 unspecified atom stereocenters. The van der Waals surface area contributed by atoms with Crippen LogP contribution in [0.5, 0.6) is 0 Å². The number of H-pyrrole nitrogens is 2. The van der Waals surface area contributed by atoms with Gasteiger partial charge in [0.1, 0.15) is 12.2 Å². The molecule has 0 radical (unpaired) electrons. The Kier molecular flexibility index (Phi) is 15.3. The van der Waals surface area contributed by atoms with Crippen LogP contribution in [-0.2, 0) is 19.1 Å². The van der Waals surface area contributed by atoms with E-state index in [1.54, 1.807) is 0 Å². The number of aromatic nitrogens is 4. The molecule has 0 saturated carbocycles. The first-order valence-electron chi connectivity index (χ1n) is 20.8. The first-order valence-corrected chi connectivity index (χ1v) is 20.8. The molecule has 8 bridgehead atoms. The molecule has 12 heteroatoms. The third-order valence-corrected chi connectivity index (χ3v) is 11.1. The SMILES string of the molecule is C=Cc1c(C)c2cc3[nH]c(cc4nc(cc5nc(cc1[nH]2)C(C)=C5CCC(=O)OC(CN(C)C)CN(C)C)C(CCC(=O)OC(CN(C)C)CN(C)C)=C4C)c(C)c3C=C. The molecule has 2 aliphatic heterocycles. The predicted octanol–water partition coefficient (Wildman–Crippen LogP) is 7.71. The molecular formula is C48H66N8O4. The van der Waals surface area contributed by atoms with Crippen LogP contribution in [0.25, 0.3) is 56.5 Å². The molecule has 0 fully saturated rings. The number of rotatable bonds is 18. The standard InChI is InChI=1S/C48H66N8O4/c1-15-35-29(3)39-21-40-31(5)37(17-19-47(57)59-33(25-53(7)8)26-54(9)10)45(51-40)24-46-38(18-20-48(58)60-34(27-55(11)12)28-56(13)14)32(6)42(52-46)23-44-36(16-2)30(4)41(50-44)22-43(35)49-39/h15-16,21-24,33-34,49-50H,1-2,17-20,25-28H2,3-14H3. The van der Waals surface area contributed by atoms with Crippen LogP contribution in [0.15, 0.2) is 37.4 Å². The van der Waals surface area contributed by atoms with Gasteiger partial charge in [-0.2, -0.15) is 0 Å². The Morgan fingerprint density at radius 3 is 1.28 bits per heavy atom. The van der Waals surface area contributed by atoms with E-state index >= 15 is 0 Å². The van der Waals surface area contributed by atoms with Crippen molar-refractivity contribution in [3.05, 3.63) is 82.5 Å². The number of likely N-dealkylation sites (N-methyl/N-ethyl adjacent to an activating group) is 4. The average Bonchev–Trinajstić information content (AvgIpc) is 3.81. The van der Waals surface area contributed by atoms with Gasteiger partial charge in [-0.25, -0.2) is 9.97 Å². The van der Waals surface area contributed by atoms with Crippen molar-refractivity contribution < 1.29 is 19.1 Å². The predicted molar refractivity (Wildman–Crippen MR) is 248 cm³/mol. The minimum Gasteiger partial charge on any atom is -0.460 e. The van der Waals surface area contributed by atoms with E-state index in [1.807, 2.05) is 94.2 Å². The Balaban J connectivity index is 1.66. The quantitative estimate of drug-likeness (QED) is 0.124. The van der Waals surface area contributed by atoms with Crippen molar-refractivity contribution in [2.75, 3.05) is 82.6 Å². The molecule has 3 aromatic rings. The third kappa shape index (κ3) is 11.2. The average molecular weight is 819 g/mol. The summed E-state index contributed by atoms with van der Waals surface area (Å²) in [6.07, 6.45) is 4.47. The number of allylic oxidation sites excluding steroid dienone is 4. The lowest BCUT2D eigenvalue weighted by atomic mass is 9.98. The summed E-state index contributed by atoms with van der Waals surface area (Å²) in [5, 5.41) is 0. The largest absolute Gasteiger partial charge is 0.460 e. The topological polar surface area (TPSA) is 123 Å². The van der Waals surface area contributed by atoms with Gasteiger partial charge in [0, 0.05) is 72.2 Å². The van der Waals surface area contributed by atoms with E-state index in [4.69, 9.17) is 19.4 Å². The Morgan fingerprint density at radius 1 is 0.567 bits per heavy atom. The molecule has 60 heavy (non-hydrogen) atoms. The van der Waals surface area contributed by atoms with Gasteiger partial charge in [0.25, 0.3) is 0 Å². The van der Waals surface area contributed by atoms with Gasteiger partial charge in [-0.1, -0.05) is 25.3 Å². The van der Waals surface area contributed by atoms with Gasteiger partial charge < -0.3 is 39.0 Å². The minimum absolute atomic E-state index is 0.189. The fraction of sp³-hybridized carbons (Fsp3) is 0.458. The van der Waals surface area contributed by atoms with E-state index in [0.29, 0.717) is 39.0 Å². The van der Waals surface area contributed by atoms with Crippen LogP contribution in [0.4, 0.5) is 0 Å². The van der Waals surface area contributed by atoms with E-state index in [2.05, 4.69) is 69.0 Å². The van der Waals surface area contributed by atoms with Gasteiger partial charge >= 0.3 is 11.9 Å². The smallest absolute Gasteiger partial charge is 0.306 e. The molecule has 0 amide bonds. The molecule has 0 atom stereocenters. The fourth-order valence-electron chi connectivity index (χ4n) is 8.14. The summed E-state index contributed by atoms with van der Waals surface area (Å²) in [5.41, 5.74) is 14.6. The van der Waals surface area contributed by atoms with Crippen molar-refractivity contribution in [1.29, 1.82) is 0 Å². The van der Waals surface area contributed by atoms with Crippen LogP contribution in [-0.4, -0.2) is 146 Å². The second-order valence-corrected chi connectivity index (χ2v) is 17.2. The van der Waals surface area contributed by atoms with Crippen LogP contribution in [0.2, 0.25) is 0 Å². The highest BCUT2D eigenvalue weighted by molar-refractivity contribution is 5.97. The van der Waals surface area contributed by atoms with E-state index < -0.39 is 0 Å². The summed E-state index contributed by atoms with van der Waals surface area (Å²) < 4.78 is 12.1. The molecule has 0 aliphatic carbocycles. The maximum Gasteiger partial charge on any atom is 0.306 e. The summed E-state index contributed by atoms with van der Waals surface area (Å²) in [7, 11) is 15.8. The van der Waals surface area contributed by atoms with Crippen LogP contribution in [0.1, 0.15) is 84.6 Å². The van der Waals surface area contributed by atoms with Crippen LogP contribution >= 0.6 is 0 Å². The zero-order chi connectivity index (χ0) is 44.0. The molecule has 3 aromatic heterocycles. The number of aromatic amines is 2. The number of hydrogen-bond acceptors (Lipinski definition) is 10. The molecule has 12 nitrogen and oxygen atoms in total. The van der Waals surface area contributed by atoms with Crippen LogP contribution < -0.4 is 0 Å². The third-order valence-electron chi connectivity index (χ3n) is 11.1. The van der Waals surface area contributed by atoms with E-state index in [1.165, 1.54) is 0 Å². The van der Waals surface area contributed by atoms with Crippen molar-refractivity contribution in [2.24, 2.45) is 0 Å². The second kappa shape index (κ2) is 19.9. The molecule has 2 aliphatic rings. The molecular weight excluding hydrogens is 753 g/mol. The Hall–Kier alpha value is -5.14. The van der Waals surface area contributed by atoms with Gasteiger partial charge in [-0.15, -0.1) is 0 Å². The fourth-order valence-corrected chi connectivity index (χ4v) is 8.14. The van der Waals surface area contributed by atoms with E-state index in [9.17, 15) is 9.59 Å². The molecule has 322 valence electrons. The zero-order valence-corrected chi connectivity index (χ0v) is 38.0. The molecule has 2 N–H and O–H groups in total. The van der Waals surface area contributed by atoms with Crippen molar-refractivity contribution in [3.63, 3.8) is 0 Å². The first kappa shape index (κ1) is 45.9. The summed E-state index contributed by atoms with van der Waals surface area (Å²) in [4.78, 5) is 52.8. The van der Waals surface area contributed by atoms with Crippen molar-refractivity contribution in [3.8, 4) is 0 Å². The van der Waals surface area contributed by atoms with Crippen molar-refractivity contribution in [1.82, 2.24) is 39.5 Å². The summed E-state index contributed by atoms with van der Waals surface area (Å²) in [6, 6.07) is 8.26. The number of ether oxygens (including phenoxy) is 2. The number of hydrogen-bond donors (Lipinski definition) is 2. The molecule has 5 rings (SSSR count). The number of aryl methyl sites for hydroxylation is 2. The Labute approximate surface area is 356 Å². The second-order valence-electron chi connectivity index (χ2n) is 17.2. The van der Waals surface area contributed by atoms with E-state index in [0.717, 1.165) is 89.4 Å². The maximum atomic E-state index is 13.5. The van der Waals surface area contributed by atoms with Crippen LogP contribution in [0, 0.1) is 13.8 Å². The normalized spacial score (nSPS) is 13.2. The van der Waals surface area contributed by atoms with Gasteiger partial charge in [0.15, 0.2) is 0 Å². The van der Waals surface area contributed by atoms with Gasteiger partial charge in [0.2, 0.25) is 0 Å². The monoisotopic (exact) mass is 819 g/mol. The number of nitrogens with zero attached hydrogens (tertiary/aromatic N) is 6. The van der Waals surface area contributed by atoms with Gasteiger partial charge in [-0.3, -0.25) is 9.59 Å². The summed E-state index contributed by atoms with van der Waals surface area (Å²) in [5.74, 6) is -0.512. The first-order chi connectivity index (χ1) is 28.4. The minimum atomic E-state index is -0.262. The Bertz CT molecular complexity index is 2320. The highest BCUT2D eigenvalue weighted by Crippen LogP contribution is 2.38. The van der Waals surface area contributed by atoms with Gasteiger partial charge in [0.05, 0.1) is 22.8 Å². The number of carbonyl (C=O) groups is 2. The lowest BCUT2D eigenvalue weighted by molar-refractivity contribution is -0.151. The summed E-state index contributed by atoms with van der Waals surface area (Å²) >= 11 is 0. The highest BCUT2D eigenvalue weighted by atomic mass is 16.5. The Morgan fingerprint density at radius 2 is 0.917 bits per heavy atom. The van der Waals surface area contributed by atoms with E-state index in [-0.39, 0.29) is 37.0 Å². The lowest BCUT2D eigenvalue weighted by Gasteiger charge is -2.24. The highest BCUT2D eigenvalue weighted by Gasteiger charge is 2.25. The molecule has 5 heterocycles. The van der Waals surface area contributed by atoms with Gasteiger partial charge in [-0.05, 0) is 155 Å². The number of nitrogens with one attached hydrogen (secondary N) is 2. The number of fused-ring (bicyclic) bond motifs is 8. The molecule has 0 saturated heterocycles. The van der Waals surface area contributed by atoms with Crippen LogP contribution in [0.3, 0.4) is 0 Å². The number of esters is 2. The summed E-state index contributed by atoms with van der Waals surface area (Å²) in [6.45, 7) is 19.1. The number of carbonyl (C=O) groups excluding carboxylic acids is 2. The van der Waals surface area contributed by atoms with Crippen molar-refractivity contribution >= 4 is 68.4 Å². The molecule has 0 aromatic carbocycles. The maximum absolute atomic E-state index is 13.5.